The van der Waals surface area contributed by atoms with E-state index in [-0.39, 0.29) is 33.8 Å². The summed E-state index contributed by atoms with van der Waals surface area (Å²) in [5.41, 5.74) is 3.98. The number of carbonyl (C=O) groups is 2. The fourth-order valence-electron chi connectivity index (χ4n) is 2.29. The average molecular weight is 316 g/mol. The van der Waals surface area contributed by atoms with E-state index in [0.29, 0.717) is 0 Å². The largest absolute Gasteiger partial charge is 0.478 e. The summed E-state index contributed by atoms with van der Waals surface area (Å²) in [6.45, 7) is -3.83. The number of carbonyl (C=O) groups excluding carboxylic acids is 1. The lowest BCUT2D eigenvalue weighted by molar-refractivity contribution is -0.141. The topological polar surface area (TPSA) is 113 Å². The van der Waals surface area contributed by atoms with E-state index in [1.54, 1.807) is 6.07 Å². The third-order valence-electron chi connectivity index (χ3n) is 3.36. The maximum absolute atomic E-state index is 12.4. The summed E-state index contributed by atoms with van der Waals surface area (Å²) in [5, 5.41) is 18.2. The monoisotopic (exact) mass is 316 g/mol. The zero-order valence-corrected chi connectivity index (χ0v) is 11.4. The highest BCUT2D eigenvalue weighted by Crippen LogP contribution is 2.43. The molecule has 112 valence electrons. The number of carboxylic acids is 1. The second-order valence-electron chi connectivity index (χ2n) is 4.55. The van der Waals surface area contributed by atoms with Gasteiger partial charge in [-0.05, 0) is 18.4 Å². The minimum absolute atomic E-state index is 0.0376. The van der Waals surface area contributed by atoms with E-state index in [4.69, 9.17) is 10.8 Å². The molecule has 0 aromatic carbocycles. The van der Waals surface area contributed by atoms with E-state index < -0.39 is 30.4 Å². The number of fused-ring (bicyclic) bond motifs is 1. The Morgan fingerprint density at radius 3 is 2.81 bits per heavy atom. The molecule has 1 aliphatic rings. The smallest absolute Gasteiger partial charge is 0.345 e. The fraction of sp³-hybridized carbons (Fsp3) is 0.417. The Morgan fingerprint density at radius 2 is 2.29 bits per heavy atom. The van der Waals surface area contributed by atoms with Crippen LogP contribution in [0.3, 0.4) is 0 Å². The van der Waals surface area contributed by atoms with Crippen LogP contribution < -0.4 is 5.73 Å². The number of thiophene rings is 1. The SMILES string of the molecule is N#CC1(COC(F)F)CCc2c(sc(N)c2C(=O)O)C1=O. The molecule has 0 radical (unpaired) electrons. The molecule has 0 fully saturated rings. The van der Waals surface area contributed by atoms with Crippen LogP contribution in [0.4, 0.5) is 13.8 Å². The zero-order chi connectivity index (χ0) is 15.8. The summed E-state index contributed by atoms with van der Waals surface area (Å²) >= 11 is 0.758. The van der Waals surface area contributed by atoms with Crippen molar-refractivity contribution in [3.05, 3.63) is 16.0 Å². The zero-order valence-electron chi connectivity index (χ0n) is 10.6. The molecule has 1 unspecified atom stereocenters. The number of nitrogen functional groups attached to an aromatic ring is 1. The second-order valence-corrected chi connectivity index (χ2v) is 5.60. The van der Waals surface area contributed by atoms with Crippen molar-refractivity contribution < 1.29 is 28.2 Å². The quantitative estimate of drug-likeness (QED) is 0.877. The van der Waals surface area contributed by atoms with E-state index in [0.717, 1.165) is 11.3 Å². The normalized spacial score (nSPS) is 21.1. The Balaban J connectivity index is 2.43. The van der Waals surface area contributed by atoms with Crippen LogP contribution in [0.5, 0.6) is 0 Å². The third kappa shape index (κ3) is 2.48. The number of Topliss-reactive ketones (excluding diaryl/α,β-unsaturated/α-hetero) is 1. The number of carboxylic acid groups (broad SMARTS) is 1. The molecule has 1 aromatic heterocycles. The first-order chi connectivity index (χ1) is 9.82. The highest BCUT2D eigenvalue weighted by atomic mass is 32.1. The van der Waals surface area contributed by atoms with E-state index in [1.807, 2.05) is 0 Å². The van der Waals surface area contributed by atoms with Gasteiger partial charge in [0.05, 0.1) is 23.1 Å². The van der Waals surface area contributed by atoms with Crippen LogP contribution in [0.25, 0.3) is 0 Å². The molecule has 3 N–H and O–H groups in total. The Hall–Kier alpha value is -2.05. The Morgan fingerprint density at radius 1 is 1.62 bits per heavy atom. The molecule has 1 heterocycles. The molecule has 21 heavy (non-hydrogen) atoms. The summed E-state index contributed by atoms with van der Waals surface area (Å²) in [4.78, 5) is 23.6. The number of nitrogens with zero attached hydrogens (tertiary/aromatic N) is 1. The highest BCUT2D eigenvalue weighted by molar-refractivity contribution is 7.18. The summed E-state index contributed by atoms with van der Waals surface area (Å²) < 4.78 is 28.4. The molecule has 0 saturated carbocycles. The van der Waals surface area contributed by atoms with Gasteiger partial charge in [-0.3, -0.25) is 4.79 Å². The summed E-state index contributed by atoms with van der Waals surface area (Å²) in [6.07, 6.45) is 0.00900. The van der Waals surface area contributed by atoms with Gasteiger partial charge in [-0.25, -0.2) is 4.79 Å². The summed E-state index contributed by atoms with van der Waals surface area (Å²) in [7, 11) is 0. The first-order valence-corrected chi connectivity index (χ1v) is 6.64. The summed E-state index contributed by atoms with van der Waals surface area (Å²) in [5.74, 6) is -1.97. The molecule has 1 atom stereocenters. The molecule has 0 bridgehead atoms. The number of nitriles is 1. The molecular weight excluding hydrogens is 306 g/mol. The molecule has 0 saturated heterocycles. The van der Waals surface area contributed by atoms with Crippen molar-refractivity contribution in [2.75, 3.05) is 12.3 Å². The minimum Gasteiger partial charge on any atom is -0.478 e. The molecule has 0 amide bonds. The molecule has 1 aromatic rings. The maximum Gasteiger partial charge on any atom is 0.345 e. The van der Waals surface area contributed by atoms with Gasteiger partial charge >= 0.3 is 12.6 Å². The van der Waals surface area contributed by atoms with E-state index in [2.05, 4.69) is 4.74 Å². The number of aromatic carboxylic acids is 1. The van der Waals surface area contributed by atoms with Crippen molar-refractivity contribution in [2.24, 2.45) is 5.41 Å². The van der Waals surface area contributed by atoms with Gasteiger partial charge < -0.3 is 15.6 Å². The van der Waals surface area contributed by atoms with Crippen LogP contribution >= 0.6 is 11.3 Å². The lowest BCUT2D eigenvalue weighted by atomic mass is 9.74. The first kappa shape index (κ1) is 15.3. The lowest BCUT2D eigenvalue weighted by Crippen LogP contribution is -2.39. The van der Waals surface area contributed by atoms with Crippen LogP contribution in [0.15, 0.2) is 0 Å². The summed E-state index contributed by atoms with van der Waals surface area (Å²) in [6, 6.07) is 1.73. The van der Waals surface area contributed by atoms with Crippen LogP contribution in [0, 0.1) is 16.7 Å². The van der Waals surface area contributed by atoms with Gasteiger partial charge in [-0.2, -0.15) is 14.0 Å². The van der Waals surface area contributed by atoms with Crippen molar-refractivity contribution in [3.8, 4) is 6.07 Å². The molecule has 2 rings (SSSR count). The van der Waals surface area contributed by atoms with Crippen molar-refractivity contribution in [1.82, 2.24) is 0 Å². The number of rotatable bonds is 4. The molecule has 1 aliphatic carbocycles. The number of halogens is 2. The molecule has 9 heteroatoms. The molecule has 6 nitrogen and oxygen atoms in total. The molecular formula is C12H10F2N2O4S. The first-order valence-electron chi connectivity index (χ1n) is 5.82. The van der Waals surface area contributed by atoms with Gasteiger partial charge in [-0.15, -0.1) is 11.3 Å². The van der Waals surface area contributed by atoms with Gasteiger partial charge in [0, 0.05) is 0 Å². The minimum atomic E-state index is -3.09. The number of alkyl halides is 2. The van der Waals surface area contributed by atoms with Crippen LogP contribution in [0.2, 0.25) is 0 Å². The van der Waals surface area contributed by atoms with Gasteiger partial charge in [0.15, 0.2) is 5.78 Å². The standard InChI is InChI=1S/C12H10F2N2O4S/c13-11(14)20-4-12(3-15)2-1-5-6(10(18)19)9(16)21-7(5)8(12)17/h11H,1-2,4,16H2,(H,18,19). The average Bonchev–Trinajstić information content (AvgIpc) is 2.75. The fourth-order valence-corrected chi connectivity index (χ4v) is 3.44. The number of ether oxygens (including phenoxy) is 1. The Kier molecular flexibility index (Phi) is 3.93. The van der Waals surface area contributed by atoms with Crippen molar-refractivity contribution in [1.29, 1.82) is 5.26 Å². The number of nitrogens with two attached hydrogens (primary N) is 1. The molecule has 0 spiro atoms. The Labute approximate surface area is 121 Å². The second kappa shape index (κ2) is 5.38. The van der Waals surface area contributed by atoms with Crippen molar-refractivity contribution in [2.45, 2.75) is 19.5 Å². The third-order valence-corrected chi connectivity index (χ3v) is 4.42. The highest BCUT2D eigenvalue weighted by Gasteiger charge is 2.46. The van der Waals surface area contributed by atoms with Gasteiger partial charge in [0.25, 0.3) is 0 Å². The predicted octanol–water partition coefficient (Wildman–Crippen LogP) is 1.91. The van der Waals surface area contributed by atoms with Gasteiger partial charge in [0.2, 0.25) is 0 Å². The van der Waals surface area contributed by atoms with Crippen molar-refractivity contribution >= 4 is 28.1 Å². The van der Waals surface area contributed by atoms with Crippen LogP contribution in [-0.4, -0.2) is 30.1 Å². The number of ketones is 1. The maximum atomic E-state index is 12.4. The van der Waals surface area contributed by atoms with Crippen LogP contribution in [-0.2, 0) is 11.2 Å². The number of hydrogen-bond donors (Lipinski definition) is 2. The number of hydrogen-bond acceptors (Lipinski definition) is 6. The van der Waals surface area contributed by atoms with Crippen molar-refractivity contribution in [3.63, 3.8) is 0 Å². The Bertz CT molecular complexity index is 652. The lowest BCUT2D eigenvalue weighted by Gasteiger charge is -2.28. The van der Waals surface area contributed by atoms with Crippen LogP contribution in [0.1, 0.15) is 32.0 Å². The van der Waals surface area contributed by atoms with E-state index in [9.17, 15) is 23.6 Å². The van der Waals surface area contributed by atoms with Gasteiger partial charge in [-0.1, -0.05) is 0 Å². The van der Waals surface area contributed by atoms with Gasteiger partial charge in [0.1, 0.15) is 10.4 Å². The van der Waals surface area contributed by atoms with E-state index in [1.165, 1.54) is 0 Å². The molecule has 0 aliphatic heterocycles. The van der Waals surface area contributed by atoms with E-state index >= 15 is 0 Å². The number of anilines is 1. The predicted molar refractivity (Wildman–Crippen MR) is 68.3 cm³/mol.